The molecule has 0 N–H and O–H groups in total. The topological polar surface area (TPSA) is 17.1 Å². The first-order valence-corrected chi connectivity index (χ1v) is 8.13. The van der Waals surface area contributed by atoms with Crippen molar-refractivity contribution in [3.05, 3.63) is 58.2 Å². The standard InChI is InChI=1S/C21H30O/c1-16(14-18(3)15-17(2)11-13-22)9-10-20-19(4)8-7-12-21(20,5)6/h9-11,13-15H,7-8,12H2,1-6H3/b10-9+,16-14+,17-11+,18-15+. The summed E-state index contributed by atoms with van der Waals surface area (Å²) in [7, 11) is 0. The third kappa shape index (κ3) is 5.63. The zero-order valence-electron chi connectivity index (χ0n) is 15.0. The molecule has 0 spiro atoms. The molecule has 0 bridgehead atoms. The van der Waals surface area contributed by atoms with Gasteiger partial charge >= 0.3 is 0 Å². The van der Waals surface area contributed by atoms with E-state index in [4.69, 9.17) is 0 Å². The summed E-state index contributed by atoms with van der Waals surface area (Å²) in [4.78, 5) is 10.5. The van der Waals surface area contributed by atoms with Crippen molar-refractivity contribution < 1.29 is 4.79 Å². The van der Waals surface area contributed by atoms with E-state index in [1.165, 1.54) is 36.0 Å². The highest BCUT2D eigenvalue weighted by atomic mass is 16.1. The van der Waals surface area contributed by atoms with Crippen LogP contribution < -0.4 is 0 Å². The van der Waals surface area contributed by atoms with Gasteiger partial charge in [-0.15, -0.1) is 0 Å². The first-order chi connectivity index (χ1) is 10.3. The molecule has 0 atom stereocenters. The maximum absolute atomic E-state index is 10.5. The van der Waals surface area contributed by atoms with E-state index in [0.29, 0.717) is 0 Å². The largest absolute Gasteiger partial charge is 0.299 e. The summed E-state index contributed by atoms with van der Waals surface area (Å²) in [5, 5.41) is 0. The first-order valence-electron chi connectivity index (χ1n) is 8.13. The van der Waals surface area contributed by atoms with Gasteiger partial charge in [0.2, 0.25) is 0 Å². The maximum atomic E-state index is 10.5. The fourth-order valence-corrected chi connectivity index (χ4v) is 3.19. The van der Waals surface area contributed by atoms with Crippen LogP contribution in [-0.4, -0.2) is 6.29 Å². The average Bonchev–Trinajstić information content (AvgIpc) is 2.37. The zero-order valence-corrected chi connectivity index (χ0v) is 15.0. The number of aldehydes is 1. The lowest BCUT2D eigenvalue weighted by molar-refractivity contribution is -0.104. The molecule has 1 aliphatic rings. The Morgan fingerprint density at radius 2 is 1.68 bits per heavy atom. The van der Waals surface area contributed by atoms with Crippen LogP contribution in [0.25, 0.3) is 0 Å². The highest BCUT2D eigenvalue weighted by Gasteiger charge is 2.26. The third-order valence-corrected chi connectivity index (χ3v) is 4.30. The van der Waals surface area contributed by atoms with Gasteiger partial charge in [0, 0.05) is 0 Å². The number of carbonyl (C=O) groups is 1. The molecule has 0 radical (unpaired) electrons. The smallest absolute Gasteiger partial charge is 0.143 e. The van der Waals surface area contributed by atoms with Crippen LogP contribution >= 0.6 is 0 Å². The van der Waals surface area contributed by atoms with Crippen molar-refractivity contribution in [1.82, 2.24) is 0 Å². The molecule has 22 heavy (non-hydrogen) atoms. The molecule has 0 saturated heterocycles. The SMILES string of the molecule is CC1=C(/C=C/C(C)=C/C(C)=C/C(C)=C/C=O)C(C)(C)CCC1. The van der Waals surface area contributed by atoms with E-state index in [-0.39, 0.29) is 5.41 Å². The number of carbonyl (C=O) groups excluding carboxylic acids is 1. The summed E-state index contributed by atoms with van der Waals surface area (Å²) in [6.07, 6.45) is 14.9. The monoisotopic (exact) mass is 298 g/mol. The summed E-state index contributed by atoms with van der Waals surface area (Å²) in [6.45, 7) is 13.1. The minimum atomic E-state index is 0.285. The van der Waals surface area contributed by atoms with Crippen LogP contribution in [0.4, 0.5) is 0 Å². The Morgan fingerprint density at radius 1 is 1.05 bits per heavy atom. The number of hydrogen-bond donors (Lipinski definition) is 0. The quantitative estimate of drug-likeness (QED) is 0.340. The van der Waals surface area contributed by atoms with Crippen molar-refractivity contribution in [1.29, 1.82) is 0 Å². The van der Waals surface area contributed by atoms with Crippen LogP contribution in [0.1, 0.15) is 60.8 Å². The maximum Gasteiger partial charge on any atom is 0.143 e. The molecule has 0 fully saturated rings. The van der Waals surface area contributed by atoms with E-state index >= 15 is 0 Å². The fraction of sp³-hybridized carbons (Fsp3) is 0.476. The highest BCUT2D eigenvalue weighted by molar-refractivity contribution is 5.67. The predicted octanol–water partition coefficient (Wildman–Crippen LogP) is 6.11. The first kappa shape index (κ1) is 18.4. The van der Waals surface area contributed by atoms with Crippen molar-refractivity contribution >= 4 is 6.29 Å². The summed E-state index contributed by atoms with van der Waals surface area (Å²) >= 11 is 0. The molecule has 0 amide bonds. The van der Waals surface area contributed by atoms with Crippen molar-refractivity contribution in [2.45, 2.75) is 60.8 Å². The Kier molecular flexibility index (Phi) is 6.80. The van der Waals surface area contributed by atoms with Crippen LogP contribution in [0.15, 0.2) is 58.2 Å². The normalized spacial score (nSPS) is 20.7. The molecule has 0 saturated carbocycles. The molecule has 120 valence electrons. The number of rotatable bonds is 5. The predicted molar refractivity (Wildman–Crippen MR) is 96.8 cm³/mol. The minimum absolute atomic E-state index is 0.285. The van der Waals surface area contributed by atoms with Gasteiger partial charge in [-0.2, -0.15) is 0 Å². The highest BCUT2D eigenvalue weighted by Crippen LogP contribution is 2.40. The van der Waals surface area contributed by atoms with Crippen molar-refractivity contribution in [3.8, 4) is 0 Å². The van der Waals surface area contributed by atoms with Gasteiger partial charge in [0.15, 0.2) is 0 Å². The van der Waals surface area contributed by atoms with E-state index in [9.17, 15) is 4.79 Å². The molecule has 0 aromatic rings. The minimum Gasteiger partial charge on any atom is -0.299 e. The van der Waals surface area contributed by atoms with Crippen LogP contribution in [0, 0.1) is 5.41 Å². The number of hydrogen-bond acceptors (Lipinski definition) is 1. The lowest BCUT2D eigenvalue weighted by Gasteiger charge is -2.32. The van der Waals surface area contributed by atoms with Crippen LogP contribution in [0.3, 0.4) is 0 Å². The van der Waals surface area contributed by atoms with Gasteiger partial charge in [-0.05, 0) is 69.6 Å². The third-order valence-electron chi connectivity index (χ3n) is 4.30. The second kappa shape index (κ2) is 8.12. The molecule has 0 aliphatic heterocycles. The van der Waals surface area contributed by atoms with Gasteiger partial charge in [-0.1, -0.05) is 54.9 Å². The van der Waals surface area contributed by atoms with Crippen molar-refractivity contribution in [2.24, 2.45) is 5.41 Å². The van der Waals surface area contributed by atoms with Crippen molar-refractivity contribution in [2.75, 3.05) is 0 Å². The van der Waals surface area contributed by atoms with E-state index in [1.54, 1.807) is 6.08 Å². The fourth-order valence-electron chi connectivity index (χ4n) is 3.19. The Balaban J connectivity index is 2.91. The van der Waals surface area contributed by atoms with E-state index in [2.05, 4.69) is 52.8 Å². The molecular formula is C21H30O. The molecule has 1 heteroatoms. The second-order valence-corrected chi connectivity index (χ2v) is 7.09. The molecular weight excluding hydrogens is 268 g/mol. The van der Waals surface area contributed by atoms with Crippen molar-refractivity contribution in [3.63, 3.8) is 0 Å². The molecule has 0 aromatic carbocycles. The molecule has 0 aromatic heterocycles. The lowest BCUT2D eigenvalue weighted by atomic mass is 9.72. The molecule has 1 aliphatic carbocycles. The van der Waals surface area contributed by atoms with Gasteiger partial charge in [0.05, 0.1) is 0 Å². The van der Waals surface area contributed by atoms with Gasteiger partial charge in [0.1, 0.15) is 6.29 Å². The van der Waals surface area contributed by atoms with E-state index in [0.717, 1.165) is 17.4 Å². The van der Waals surface area contributed by atoms with Gasteiger partial charge in [0.25, 0.3) is 0 Å². The van der Waals surface area contributed by atoms with Gasteiger partial charge in [-0.3, -0.25) is 4.79 Å². The summed E-state index contributed by atoms with van der Waals surface area (Å²) < 4.78 is 0. The van der Waals surface area contributed by atoms with E-state index in [1.807, 2.05) is 13.0 Å². The van der Waals surface area contributed by atoms with Gasteiger partial charge in [-0.25, -0.2) is 0 Å². The van der Waals surface area contributed by atoms with Gasteiger partial charge < -0.3 is 0 Å². The van der Waals surface area contributed by atoms with Crippen LogP contribution in [0.2, 0.25) is 0 Å². The van der Waals surface area contributed by atoms with E-state index < -0.39 is 0 Å². The summed E-state index contributed by atoms with van der Waals surface area (Å²) in [5.74, 6) is 0. The Labute approximate surface area is 136 Å². The Bertz CT molecular complexity index is 563. The molecule has 1 nitrogen and oxygen atoms in total. The molecule has 1 rings (SSSR count). The summed E-state index contributed by atoms with van der Waals surface area (Å²) in [5.41, 5.74) is 6.67. The second-order valence-electron chi connectivity index (χ2n) is 7.09. The summed E-state index contributed by atoms with van der Waals surface area (Å²) in [6, 6.07) is 0. The average molecular weight is 298 g/mol. The molecule has 0 unspecified atom stereocenters. The lowest BCUT2D eigenvalue weighted by Crippen LogP contribution is -2.19. The zero-order chi connectivity index (χ0) is 16.8. The Morgan fingerprint density at radius 3 is 2.27 bits per heavy atom. The number of allylic oxidation sites excluding steroid dienone is 10. The molecule has 0 heterocycles. The van der Waals surface area contributed by atoms with Crippen LogP contribution in [0.5, 0.6) is 0 Å². The Hall–Kier alpha value is -1.63. The van der Waals surface area contributed by atoms with Crippen LogP contribution in [-0.2, 0) is 4.79 Å².